The Labute approximate surface area is 138 Å². The van der Waals surface area contributed by atoms with Gasteiger partial charge in [0.1, 0.15) is 5.75 Å². The number of carbonyl (C=O) groups is 1. The molecule has 0 radical (unpaired) electrons. The highest BCUT2D eigenvalue weighted by Gasteiger charge is 2.17. The minimum atomic E-state index is -0.550. The van der Waals surface area contributed by atoms with Gasteiger partial charge in [0.2, 0.25) is 0 Å². The molecule has 122 valence electrons. The molecule has 0 aliphatic rings. The lowest BCUT2D eigenvalue weighted by Crippen LogP contribution is -2.31. The largest absolute Gasteiger partial charge is 0.481 e. The van der Waals surface area contributed by atoms with Gasteiger partial charge in [-0.1, -0.05) is 44.2 Å². The number of ether oxygens (including phenoxy) is 1. The van der Waals surface area contributed by atoms with Crippen LogP contribution in [0.5, 0.6) is 5.75 Å². The second kappa shape index (κ2) is 7.82. The van der Waals surface area contributed by atoms with E-state index in [1.165, 1.54) is 0 Å². The summed E-state index contributed by atoms with van der Waals surface area (Å²) in [6, 6.07) is 13.9. The number of nitrogens with one attached hydrogen (secondary N) is 1. The number of hydrogen-bond acceptors (Lipinski definition) is 2. The Morgan fingerprint density at radius 2 is 1.70 bits per heavy atom. The maximum absolute atomic E-state index is 12.5. The van der Waals surface area contributed by atoms with Crippen LogP contribution in [0.15, 0.2) is 42.5 Å². The molecule has 1 N–H and O–H groups in total. The maximum atomic E-state index is 12.5. The van der Waals surface area contributed by atoms with Crippen molar-refractivity contribution in [2.24, 2.45) is 0 Å². The maximum Gasteiger partial charge on any atom is 0.265 e. The van der Waals surface area contributed by atoms with Crippen LogP contribution in [-0.2, 0) is 17.6 Å². The number of rotatable bonds is 6. The van der Waals surface area contributed by atoms with Crippen molar-refractivity contribution in [1.82, 2.24) is 0 Å². The lowest BCUT2D eigenvalue weighted by molar-refractivity contribution is -0.122. The number of benzene rings is 2. The van der Waals surface area contributed by atoms with Crippen molar-refractivity contribution < 1.29 is 9.53 Å². The predicted octanol–water partition coefficient (Wildman–Crippen LogP) is 4.53. The zero-order chi connectivity index (χ0) is 16.8. The highest BCUT2D eigenvalue weighted by molar-refractivity contribution is 5.95. The average molecular weight is 311 g/mol. The van der Waals surface area contributed by atoms with Gasteiger partial charge in [-0.25, -0.2) is 0 Å². The van der Waals surface area contributed by atoms with Crippen LogP contribution < -0.4 is 10.1 Å². The summed E-state index contributed by atoms with van der Waals surface area (Å²) in [4.78, 5) is 12.5. The van der Waals surface area contributed by atoms with Crippen molar-refractivity contribution >= 4 is 11.6 Å². The van der Waals surface area contributed by atoms with Gasteiger partial charge in [-0.15, -0.1) is 0 Å². The van der Waals surface area contributed by atoms with Crippen molar-refractivity contribution in [3.63, 3.8) is 0 Å². The molecule has 0 saturated heterocycles. The monoisotopic (exact) mass is 311 g/mol. The third-order valence-electron chi connectivity index (χ3n) is 3.92. The summed E-state index contributed by atoms with van der Waals surface area (Å²) in [5.74, 6) is 0.592. The lowest BCUT2D eigenvalue weighted by atomic mass is 10.0. The Kier molecular flexibility index (Phi) is 5.80. The summed E-state index contributed by atoms with van der Waals surface area (Å²) in [6.45, 7) is 7.97. The zero-order valence-electron chi connectivity index (χ0n) is 14.3. The number of anilines is 1. The smallest absolute Gasteiger partial charge is 0.265 e. The average Bonchev–Trinajstić information content (AvgIpc) is 2.54. The molecule has 1 amide bonds. The van der Waals surface area contributed by atoms with Crippen molar-refractivity contribution in [2.75, 3.05) is 5.32 Å². The van der Waals surface area contributed by atoms with Gasteiger partial charge in [0.15, 0.2) is 6.10 Å². The molecular formula is C20H25NO2. The van der Waals surface area contributed by atoms with Crippen LogP contribution in [0.25, 0.3) is 0 Å². The van der Waals surface area contributed by atoms with Crippen LogP contribution in [0.4, 0.5) is 5.69 Å². The fourth-order valence-corrected chi connectivity index (χ4v) is 2.57. The molecule has 23 heavy (non-hydrogen) atoms. The van der Waals surface area contributed by atoms with E-state index in [1.807, 2.05) is 37.3 Å². The Morgan fingerprint density at radius 3 is 2.26 bits per heavy atom. The molecule has 0 saturated carbocycles. The summed E-state index contributed by atoms with van der Waals surface area (Å²) < 4.78 is 5.76. The van der Waals surface area contributed by atoms with E-state index in [-0.39, 0.29) is 5.91 Å². The lowest BCUT2D eigenvalue weighted by Gasteiger charge is -2.18. The first-order valence-corrected chi connectivity index (χ1v) is 8.20. The van der Waals surface area contributed by atoms with Crippen LogP contribution in [0.1, 0.15) is 37.5 Å². The van der Waals surface area contributed by atoms with Crippen LogP contribution in [-0.4, -0.2) is 12.0 Å². The molecule has 0 aliphatic heterocycles. The van der Waals surface area contributed by atoms with Crippen LogP contribution >= 0.6 is 0 Å². The van der Waals surface area contributed by atoms with Crippen LogP contribution in [0.3, 0.4) is 0 Å². The zero-order valence-corrected chi connectivity index (χ0v) is 14.3. The number of aryl methyl sites for hydroxylation is 3. The summed E-state index contributed by atoms with van der Waals surface area (Å²) in [6.07, 6.45) is 1.22. The molecule has 0 bridgehead atoms. The molecule has 0 spiro atoms. The highest BCUT2D eigenvalue weighted by Crippen LogP contribution is 2.23. The fraction of sp³-hybridized carbons (Fsp3) is 0.350. The van der Waals surface area contributed by atoms with E-state index in [0.717, 1.165) is 35.2 Å². The SMILES string of the molecule is CCc1cccc(CC)c1NC(=O)[C@H](C)Oc1cccc(C)c1. The van der Waals surface area contributed by atoms with E-state index >= 15 is 0 Å². The minimum Gasteiger partial charge on any atom is -0.481 e. The van der Waals surface area contributed by atoms with E-state index in [2.05, 4.69) is 31.3 Å². The second-order valence-corrected chi connectivity index (χ2v) is 5.72. The quantitative estimate of drug-likeness (QED) is 0.851. The molecule has 0 aromatic heterocycles. The molecule has 1 atom stereocenters. The van der Waals surface area contributed by atoms with Gasteiger partial charge in [0.25, 0.3) is 5.91 Å². The first kappa shape index (κ1) is 17.1. The predicted molar refractivity (Wildman–Crippen MR) is 95.1 cm³/mol. The summed E-state index contributed by atoms with van der Waals surface area (Å²) in [5.41, 5.74) is 4.35. The first-order chi connectivity index (χ1) is 11.0. The standard InChI is InChI=1S/C20H25NO2/c1-5-16-10-8-11-17(6-2)19(16)21-20(22)15(4)23-18-12-7-9-14(3)13-18/h7-13,15H,5-6H2,1-4H3,(H,21,22)/t15-/m0/s1. The highest BCUT2D eigenvalue weighted by atomic mass is 16.5. The molecular weight excluding hydrogens is 286 g/mol. The Balaban J connectivity index is 2.12. The molecule has 0 fully saturated rings. The number of para-hydroxylation sites is 1. The summed E-state index contributed by atoms with van der Waals surface area (Å²) >= 11 is 0. The number of hydrogen-bond donors (Lipinski definition) is 1. The van der Waals surface area contributed by atoms with E-state index in [4.69, 9.17) is 4.74 Å². The molecule has 0 aliphatic carbocycles. The third-order valence-corrected chi connectivity index (χ3v) is 3.92. The molecule has 0 heterocycles. The summed E-state index contributed by atoms with van der Waals surface area (Å²) in [5, 5.41) is 3.05. The van der Waals surface area contributed by atoms with Crippen molar-refractivity contribution in [1.29, 1.82) is 0 Å². The Bertz CT molecular complexity index is 657. The second-order valence-electron chi connectivity index (χ2n) is 5.72. The van der Waals surface area contributed by atoms with Crippen molar-refractivity contribution in [3.8, 4) is 5.75 Å². The minimum absolute atomic E-state index is 0.123. The van der Waals surface area contributed by atoms with Gasteiger partial charge in [0, 0.05) is 5.69 Å². The van der Waals surface area contributed by atoms with Crippen LogP contribution in [0, 0.1) is 6.92 Å². The number of carbonyl (C=O) groups excluding carboxylic acids is 1. The van der Waals surface area contributed by atoms with E-state index < -0.39 is 6.10 Å². The number of amides is 1. The Morgan fingerprint density at radius 1 is 1.09 bits per heavy atom. The topological polar surface area (TPSA) is 38.3 Å². The van der Waals surface area contributed by atoms with Gasteiger partial charge in [-0.05, 0) is 55.5 Å². The van der Waals surface area contributed by atoms with E-state index in [9.17, 15) is 4.79 Å². The van der Waals surface area contributed by atoms with Gasteiger partial charge in [-0.3, -0.25) is 4.79 Å². The van der Waals surface area contributed by atoms with Crippen molar-refractivity contribution in [3.05, 3.63) is 59.2 Å². The van der Waals surface area contributed by atoms with Gasteiger partial charge in [-0.2, -0.15) is 0 Å². The molecule has 2 aromatic carbocycles. The first-order valence-electron chi connectivity index (χ1n) is 8.20. The molecule has 3 heteroatoms. The normalized spacial score (nSPS) is 11.8. The Hall–Kier alpha value is -2.29. The van der Waals surface area contributed by atoms with Crippen LogP contribution in [0.2, 0.25) is 0 Å². The van der Waals surface area contributed by atoms with Crippen molar-refractivity contribution in [2.45, 2.75) is 46.6 Å². The van der Waals surface area contributed by atoms with Gasteiger partial charge >= 0.3 is 0 Å². The molecule has 3 nitrogen and oxygen atoms in total. The van der Waals surface area contributed by atoms with Gasteiger partial charge < -0.3 is 10.1 Å². The molecule has 2 aromatic rings. The third kappa shape index (κ3) is 4.35. The van der Waals surface area contributed by atoms with E-state index in [0.29, 0.717) is 5.75 Å². The van der Waals surface area contributed by atoms with Gasteiger partial charge in [0.05, 0.1) is 0 Å². The fourth-order valence-electron chi connectivity index (χ4n) is 2.57. The van der Waals surface area contributed by atoms with E-state index in [1.54, 1.807) is 6.92 Å². The summed E-state index contributed by atoms with van der Waals surface area (Å²) in [7, 11) is 0. The molecule has 0 unspecified atom stereocenters. The molecule has 2 rings (SSSR count).